The minimum atomic E-state index is -2.66. The van der Waals surface area contributed by atoms with E-state index in [1.165, 1.54) is 0 Å². The minimum absolute atomic E-state index is 0.223. The Bertz CT molecular complexity index is 142. The maximum absolute atomic E-state index is 12.0. The van der Waals surface area contributed by atoms with E-state index in [0.29, 0.717) is 0 Å². The lowest BCUT2D eigenvalue weighted by atomic mass is 10.2. The minimum Gasteiger partial charge on any atom is -0.299 e. The van der Waals surface area contributed by atoms with E-state index >= 15 is 0 Å². The molecule has 1 fully saturated rings. The summed E-state index contributed by atoms with van der Waals surface area (Å²) in [6.45, 7) is 1.61. The van der Waals surface area contributed by atoms with Gasteiger partial charge in [-0.25, -0.2) is 8.78 Å². The van der Waals surface area contributed by atoms with Crippen LogP contribution in [0.4, 0.5) is 8.78 Å². The first kappa shape index (κ1) is 6.65. The van der Waals surface area contributed by atoms with Crippen molar-refractivity contribution in [1.82, 2.24) is 0 Å². The number of ketones is 1. The van der Waals surface area contributed by atoms with Gasteiger partial charge in [0.2, 0.25) is 0 Å². The van der Waals surface area contributed by atoms with Crippen LogP contribution in [0.25, 0.3) is 0 Å². The third kappa shape index (κ3) is 1.09. The lowest BCUT2D eigenvalue weighted by Crippen LogP contribution is -2.05. The molecule has 0 aromatic carbocycles. The van der Waals surface area contributed by atoms with Gasteiger partial charge >= 0.3 is 0 Å². The van der Waals surface area contributed by atoms with Crippen LogP contribution in [0.1, 0.15) is 19.8 Å². The Morgan fingerprint density at radius 1 is 1.78 bits per heavy atom. The molecule has 1 nitrogen and oxygen atoms in total. The molecule has 0 unspecified atom stereocenters. The van der Waals surface area contributed by atoms with Crippen molar-refractivity contribution in [1.29, 1.82) is 0 Å². The summed E-state index contributed by atoms with van der Waals surface area (Å²) in [7, 11) is 0. The van der Waals surface area contributed by atoms with Gasteiger partial charge in [0.15, 0.2) is 0 Å². The second kappa shape index (κ2) is 1.75. The average molecular weight is 134 g/mol. The molecule has 0 saturated heterocycles. The zero-order valence-corrected chi connectivity index (χ0v) is 5.16. The highest BCUT2D eigenvalue weighted by Crippen LogP contribution is 2.49. The van der Waals surface area contributed by atoms with Gasteiger partial charge in [-0.2, -0.15) is 0 Å². The summed E-state index contributed by atoms with van der Waals surface area (Å²) in [5.74, 6) is -3.91. The Morgan fingerprint density at radius 3 is 2.33 bits per heavy atom. The fraction of sp³-hybridized carbons (Fsp3) is 0.833. The summed E-state index contributed by atoms with van der Waals surface area (Å²) in [5.41, 5.74) is 0. The molecule has 0 bridgehead atoms. The van der Waals surface area contributed by atoms with Gasteiger partial charge in [0.25, 0.3) is 5.92 Å². The van der Waals surface area contributed by atoms with Crippen molar-refractivity contribution in [2.24, 2.45) is 5.92 Å². The van der Waals surface area contributed by atoms with Crippen molar-refractivity contribution in [2.75, 3.05) is 0 Å². The molecule has 0 aromatic rings. The van der Waals surface area contributed by atoms with Gasteiger partial charge in [-0.05, 0) is 0 Å². The molecular formula is C6H8F2O. The number of carbonyl (C=O) groups excluding carboxylic acids is 1. The topological polar surface area (TPSA) is 17.1 Å². The van der Waals surface area contributed by atoms with Gasteiger partial charge in [0.1, 0.15) is 5.78 Å². The van der Waals surface area contributed by atoms with E-state index in [1.54, 1.807) is 6.92 Å². The predicted molar refractivity (Wildman–Crippen MR) is 28.4 cm³/mol. The number of alkyl halides is 2. The molecule has 0 spiro atoms. The summed E-state index contributed by atoms with van der Waals surface area (Å²) in [6, 6.07) is 0. The molecule has 1 aliphatic carbocycles. The second-order valence-electron chi connectivity index (χ2n) is 2.34. The van der Waals surface area contributed by atoms with Crippen LogP contribution in [0, 0.1) is 5.92 Å². The smallest absolute Gasteiger partial charge is 0.258 e. The molecule has 0 aromatic heterocycles. The molecule has 1 rings (SSSR count). The molecule has 0 radical (unpaired) electrons. The fourth-order valence-electron chi connectivity index (χ4n) is 0.809. The van der Waals surface area contributed by atoms with Crippen molar-refractivity contribution >= 4 is 5.78 Å². The maximum atomic E-state index is 12.0. The second-order valence-corrected chi connectivity index (χ2v) is 2.34. The van der Waals surface area contributed by atoms with Gasteiger partial charge in [0.05, 0.1) is 5.92 Å². The van der Waals surface area contributed by atoms with Crippen LogP contribution in [0.15, 0.2) is 0 Å². The van der Waals surface area contributed by atoms with Crippen LogP contribution in [0.5, 0.6) is 0 Å². The normalized spacial score (nSPS) is 29.9. The third-order valence-corrected chi connectivity index (χ3v) is 1.56. The first-order valence-electron chi connectivity index (χ1n) is 2.98. The van der Waals surface area contributed by atoms with Crippen molar-refractivity contribution in [3.8, 4) is 0 Å². The number of hydrogen-bond acceptors (Lipinski definition) is 1. The van der Waals surface area contributed by atoms with Crippen LogP contribution in [-0.4, -0.2) is 11.7 Å². The van der Waals surface area contributed by atoms with Crippen molar-refractivity contribution in [2.45, 2.75) is 25.7 Å². The number of Topliss-reactive ketones (excluding diaryl/α,β-unsaturated/α-hetero) is 1. The summed E-state index contributed by atoms with van der Waals surface area (Å²) >= 11 is 0. The Labute approximate surface area is 52.1 Å². The van der Waals surface area contributed by atoms with E-state index in [9.17, 15) is 13.6 Å². The summed E-state index contributed by atoms with van der Waals surface area (Å²) in [5, 5.41) is 0. The Hall–Kier alpha value is -0.470. The standard InChI is InChI=1S/C6H8F2O/c1-2-5(9)4-3-6(4,7)8/h4H,2-3H2,1H3/t4-/m0/s1. The summed E-state index contributed by atoms with van der Waals surface area (Å²) in [6.07, 6.45) is 0.0138. The third-order valence-electron chi connectivity index (χ3n) is 1.56. The molecule has 0 aliphatic heterocycles. The molecule has 1 saturated carbocycles. The molecule has 9 heavy (non-hydrogen) atoms. The van der Waals surface area contributed by atoms with Crippen LogP contribution < -0.4 is 0 Å². The molecule has 0 N–H and O–H groups in total. The van der Waals surface area contributed by atoms with Crippen molar-refractivity contribution < 1.29 is 13.6 Å². The van der Waals surface area contributed by atoms with Crippen LogP contribution >= 0.6 is 0 Å². The lowest BCUT2D eigenvalue weighted by Gasteiger charge is -1.91. The van der Waals surface area contributed by atoms with Gasteiger partial charge in [0, 0.05) is 12.8 Å². The molecule has 1 atom stereocenters. The first-order valence-corrected chi connectivity index (χ1v) is 2.98. The Balaban J connectivity index is 2.42. The molecule has 3 heteroatoms. The first-order chi connectivity index (χ1) is 4.08. The number of carbonyl (C=O) groups is 1. The molecule has 52 valence electrons. The SMILES string of the molecule is CCC(=O)[C@@H]1CC1(F)F. The molecule has 1 aliphatic rings. The van der Waals surface area contributed by atoms with E-state index in [1.807, 2.05) is 0 Å². The highest BCUT2D eigenvalue weighted by molar-refractivity contribution is 5.84. The average Bonchev–Trinajstić information content (AvgIpc) is 2.38. The fourth-order valence-corrected chi connectivity index (χ4v) is 0.809. The van der Waals surface area contributed by atoms with Crippen molar-refractivity contribution in [3.63, 3.8) is 0 Å². The van der Waals surface area contributed by atoms with Crippen LogP contribution in [0.3, 0.4) is 0 Å². The summed E-state index contributed by atoms with van der Waals surface area (Å²) < 4.78 is 24.0. The summed E-state index contributed by atoms with van der Waals surface area (Å²) in [4.78, 5) is 10.5. The molecule has 0 heterocycles. The van der Waals surface area contributed by atoms with Gasteiger partial charge < -0.3 is 0 Å². The molecule has 0 amide bonds. The zero-order chi connectivity index (χ0) is 7.07. The monoisotopic (exact) mass is 134 g/mol. The van der Waals surface area contributed by atoms with Gasteiger partial charge in [-0.15, -0.1) is 0 Å². The van der Waals surface area contributed by atoms with E-state index in [2.05, 4.69) is 0 Å². The van der Waals surface area contributed by atoms with E-state index in [4.69, 9.17) is 0 Å². The van der Waals surface area contributed by atoms with Crippen LogP contribution in [-0.2, 0) is 4.79 Å². The maximum Gasteiger partial charge on any atom is 0.258 e. The van der Waals surface area contributed by atoms with Gasteiger partial charge in [-0.1, -0.05) is 6.92 Å². The largest absolute Gasteiger partial charge is 0.299 e. The van der Waals surface area contributed by atoms with Gasteiger partial charge in [-0.3, -0.25) is 4.79 Å². The van der Waals surface area contributed by atoms with Crippen molar-refractivity contribution in [3.05, 3.63) is 0 Å². The quantitative estimate of drug-likeness (QED) is 0.560. The highest BCUT2D eigenvalue weighted by Gasteiger charge is 2.60. The number of halogens is 2. The Morgan fingerprint density at radius 2 is 2.22 bits per heavy atom. The predicted octanol–water partition coefficient (Wildman–Crippen LogP) is 1.62. The highest BCUT2D eigenvalue weighted by atomic mass is 19.3. The van der Waals surface area contributed by atoms with E-state index < -0.39 is 11.8 Å². The molecular weight excluding hydrogens is 126 g/mol. The number of rotatable bonds is 2. The lowest BCUT2D eigenvalue weighted by molar-refractivity contribution is -0.122. The zero-order valence-electron chi connectivity index (χ0n) is 5.16. The van der Waals surface area contributed by atoms with E-state index in [0.717, 1.165) is 0 Å². The van der Waals surface area contributed by atoms with E-state index in [-0.39, 0.29) is 18.6 Å². The number of hydrogen-bond donors (Lipinski definition) is 0. The van der Waals surface area contributed by atoms with Crippen LogP contribution in [0.2, 0.25) is 0 Å². The Kier molecular flexibility index (Phi) is 1.30.